The van der Waals surface area contributed by atoms with Gasteiger partial charge in [-0.05, 0) is 73.2 Å². The summed E-state index contributed by atoms with van der Waals surface area (Å²) in [6.07, 6.45) is 5.02. The second-order valence-electron chi connectivity index (χ2n) is 16.0. The molecule has 0 spiro atoms. The van der Waals surface area contributed by atoms with E-state index in [9.17, 15) is 49.0 Å². The van der Waals surface area contributed by atoms with Crippen LogP contribution in [-0.4, -0.2) is 89.8 Å². The summed E-state index contributed by atoms with van der Waals surface area (Å²) in [6.45, 7) is 0. The molecular formula is C50H46F2MgN2O8. The number of aliphatic carboxylic acids is 2. The number of aliphatic hydroxyl groups excluding tert-OH is 4. The maximum atomic E-state index is 13.6. The van der Waals surface area contributed by atoms with Crippen molar-refractivity contribution in [3.05, 3.63) is 143 Å². The first kappa shape index (κ1) is 47.1. The molecule has 2 aliphatic carbocycles. The first-order valence-electron chi connectivity index (χ1n) is 20.7. The van der Waals surface area contributed by atoms with Gasteiger partial charge in [-0.25, -0.2) is 8.78 Å². The number of carboxylic acid groups (broad SMARTS) is 2. The molecule has 0 saturated heterocycles. The molecule has 0 unspecified atom stereocenters. The van der Waals surface area contributed by atoms with Crippen LogP contribution in [0.4, 0.5) is 8.78 Å². The molecule has 10 nitrogen and oxygen atoms in total. The number of para-hydroxylation sites is 2. The van der Waals surface area contributed by atoms with E-state index in [1.807, 2.05) is 48.5 Å². The van der Waals surface area contributed by atoms with E-state index in [1.54, 1.807) is 48.6 Å². The van der Waals surface area contributed by atoms with E-state index >= 15 is 0 Å². The van der Waals surface area contributed by atoms with Crippen LogP contribution in [0.2, 0.25) is 0 Å². The number of carbonyl (C=O) groups is 2. The minimum atomic E-state index is -1.36. The number of hydrogen-bond acceptors (Lipinski definition) is 10. The molecule has 4 atom stereocenters. The number of carboxylic acids is 2. The van der Waals surface area contributed by atoms with Crippen LogP contribution in [0, 0.1) is 11.6 Å². The van der Waals surface area contributed by atoms with Gasteiger partial charge in [0.1, 0.15) is 11.6 Å². The summed E-state index contributed by atoms with van der Waals surface area (Å²) >= 11 is 0. The Kier molecular flexibility index (Phi) is 15.9. The Labute approximate surface area is 379 Å². The molecule has 8 rings (SSSR count). The van der Waals surface area contributed by atoms with E-state index in [1.165, 1.54) is 24.3 Å². The molecule has 63 heavy (non-hydrogen) atoms. The fourth-order valence-corrected chi connectivity index (χ4v) is 7.70. The van der Waals surface area contributed by atoms with Crippen molar-refractivity contribution >= 4 is 68.9 Å². The largest absolute Gasteiger partial charge is 2.00 e. The van der Waals surface area contributed by atoms with E-state index in [2.05, 4.69) is 0 Å². The van der Waals surface area contributed by atoms with Crippen molar-refractivity contribution in [1.82, 2.24) is 9.97 Å². The summed E-state index contributed by atoms with van der Waals surface area (Å²) in [5.41, 5.74) is 8.76. The Balaban J connectivity index is 0.000000206. The SMILES string of the molecule is O=C([O-])C[C@H](O)C[C@H](O)/C=C/c1c(C2CC2)nc2ccccc2c1-c1ccc(F)cc1.O=C([O-])C[C@H](O)C[C@H](O)/C=C/c1c(C2CC2)nc2ccccc2c1-c1ccc(F)cc1.[Mg+2]. The predicted octanol–water partition coefficient (Wildman–Crippen LogP) is 5.99. The summed E-state index contributed by atoms with van der Waals surface area (Å²) in [4.78, 5) is 31.0. The molecule has 2 saturated carbocycles. The molecule has 0 amide bonds. The quantitative estimate of drug-likeness (QED) is 0.0843. The Bertz CT molecular complexity index is 2430. The number of halogens is 2. The van der Waals surface area contributed by atoms with Crippen LogP contribution in [0.3, 0.4) is 0 Å². The topological polar surface area (TPSA) is 187 Å². The van der Waals surface area contributed by atoms with Crippen LogP contribution >= 0.6 is 0 Å². The maximum absolute atomic E-state index is 13.6. The van der Waals surface area contributed by atoms with Gasteiger partial charge in [-0.2, -0.15) is 0 Å². The standard InChI is InChI=1S/2C25H24FNO4.Mg/c2*26-17-9-7-15(8-10-17)24-20-3-1-2-4-22(20)27-25(16-5-6-16)21(24)12-11-18(28)13-19(29)14-23(30)31;/h2*1-4,7-12,16,18-19,28-29H,5-6,13-14H2,(H,30,31);/q;;+2/p-2/b2*12-11+;/t2*18-,19-;/m11./s1. The molecule has 2 fully saturated rings. The maximum Gasteiger partial charge on any atom is 2.00 e. The smallest absolute Gasteiger partial charge is 0.550 e. The van der Waals surface area contributed by atoms with Gasteiger partial charge in [0.15, 0.2) is 0 Å². The average Bonchev–Trinajstić information content (AvgIpc) is 4.17. The van der Waals surface area contributed by atoms with Gasteiger partial charge in [0.25, 0.3) is 0 Å². The normalized spacial score (nSPS) is 15.7. The molecule has 2 heterocycles. The summed E-state index contributed by atoms with van der Waals surface area (Å²) in [5, 5.41) is 63.3. The Morgan fingerprint density at radius 3 is 1.27 bits per heavy atom. The van der Waals surface area contributed by atoms with Gasteiger partial charge >= 0.3 is 23.1 Å². The summed E-state index contributed by atoms with van der Waals surface area (Å²) in [7, 11) is 0. The molecule has 0 bridgehead atoms. The van der Waals surface area contributed by atoms with Crippen LogP contribution in [0.5, 0.6) is 0 Å². The van der Waals surface area contributed by atoms with Gasteiger partial charge in [0.2, 0.25) is 0 Å². The molecule has 4 aromatic carbocycles. The minimum absolute atomic E-state index is 0. The van der Waals surface area contributed by atoms with Crippen molar-refractivity contribution in [2.24, 2.45) is 0 Å². The number of fused-ring (bicyclic) bond motifs is 2. The van der Waals surface area contributed by atoms with Crippen molar-refractivity contribution in [3.8, 4) is 22.3 Å². The first-order chi connectivity index (χ1) is 29.8. The van der Waals surface area contributed by atoms with Crippen molar-refractivity contribution in [3.63, 3.8) is 0 Å². The van der Waals surface area contributed by atoms with E-state index in [0.717, 1.165) is 92.3 Å². The molecule has 0 radical (unpaired) electrons. The number of aromatic nitrogens is 2. The number of hydrogen-bond donors (Lipinski definition) is 4. The van der Waals surface area contributed by atoms with Crippen LogP contribution in [0.1, 0.15) is 85.7 Å². The summed E-state index contributed by atoms with van der Waals surface area (Å²) in [6, 6.07) is 28.1. The van der Waals surface area contributed by atoms with Crippen LogP contribution in [0.15, 0.2) is 109 Å². The number of pyridine rings is 2. The van der Waals surface area contributed by atoms with E-state index in [0.29, 0.717) is 11.8 Å². The zero-order valence-corrected chi connectivity index (χ0v) is 35.9. The van der Waals surface area contributed by atoms with Gasteiger partial charge in [0, 0.05) is 82.5 Å². The first-order valence-corrected chi connectivity index (χ1v) is 20.7. The zero-order chi connectivity index (χ0) is 43.9. The molecule has 2 aliphatic rings. The third-order valence-corrected chi connectivity index (χ3v) is 10.9. The van der Waals surface area contributed by atoms with Gasteiger partial charge < -0.3 is 40.2 Å². The van der Waals surface area contributed by atoms with Gasteiger partial charge in [-0.15, -0.1) is 0 Å². The van der Waals surface area contributed by atoms with Crippen molar-refractivity contribution < 1.29 is 49.0 Å². The van der Waals surface area contributed by atoms with E-state index < -0.39 is 49.2 Å². The summed E-state index contributed by atoms with van der Waals surface area (Å²) < 4.78 is 27.1. The molecule has 4 N–H and O–H groups in total. The van der Waals surface area contributed by atoms with Gasteiger partial charge in [-0.1, -0.05) is 85.0 Å². The molecule has 6 aromatic rings. The second-order valence-corrected chi connectivity index (χ2v) is 16.0. The van der Waals surface area contributed by atoms with Crippen LogP contribution < -0.4 is 10.2 Å². The Morgan fingerprint density at radius 2 is 0.937 bits per heavy atom. The third-order valence-electron chi connectivity index (χ3n) is 10.9. The number of rotatable bonds is 16. The average molecular weight is 865 g/mol. The van der Waals surface area contributed by atoms with Crippen LogP contribution in [0.25, 0.3) is 56.2 Å². The summed E-state index contributed by atoms with van der Waals surface area (Å²) in [5.74, 6) is -2.72. The minimum Gasteiger partial charge on any atom is -0.550 e. The number of benzene rings is 4. The van der Waals surface area contributed by atoms with Crippen molar-refractivity contribution in [1.29, 1.82) is 0 Å². The zero-order valence-electron chi connectivity index (χ0n) is 34.4. The molecule has 320 valence electrons. The van der Waals surface area contributed by atoms with E-state index in [-0.39, 0.29) is 47.5 Å². The molecule has 2 aromatic heterocycles. The monoisotopic (exact) mass is 864 g/mol. The predicted molar refractivity (Wildman–Crippen MR) is 235 cm³/mol. The number of carbonyl (C=O) groups excluding carboxylic acids is 2. The second kappa shape index (κ2) is 21.3. The number of nitrogens with zero attached hydrogens (tertiary/aromatic N) is 2. The van der Waals surface area contributed by atoms with E-state index in [4.69, 9.17) is 9.97 Å². The third kappa shape index (κ3) is 12.4. The molecule has 13 heteroatoms. The van der Waals surface area contributed by atoms with Crippen LogP contribution in [-0.2, 0) is 9.59 Å². The van der Waals surface area contributed by atoms with Crippen molar-refractivity contribution in [2.75, 3.05) is 0 Å². The van der Waals surface area contributed by atoms with Gasteiger partial charge in [0.05, 0.1) is 46.8 Å². The Hall–Kier alpha value is -5.41. The Morgan fingerprint density at radius 1 is 0.587 bits per heavy atom. The fraction of sp³-hybridized carbons (Fsp3) is 0.280. The molecular weight excluding hydrogens is 819 g/mol. The fourth-order valence-electron chi connectivity index (χ4n) is 7.70. The molecule has 0 aliphatic heterocycles. The van der Waals surface area contributed by atoms with Gasteiger partial charge in [-0.3, -0.25) is 9.97 Å². The number of aliphatic hydroxyl groups is 4. The van der Waals surface area contributed by atoms with Crippen molar-refractivity contribution in [2.45, 2.75) is 87.6 Å².